The Morgan fingerprint density at radius 2 is 2.14 bits per heavy atom. The molecule has 2 aromatic rings. The summed E-state index contributed by atoms with van der Waals surface area (Å²) in [4.78, 5) is 5.61. The molecule has 3 N–H and O–H groups in total. The summed E-state index contributed by atoms with van der Waals surface area (Å²) in [5, 5.41) is 23.7. The average Bonchev–Trinajstić information content (AvgIpc) is 3.26. The van der Waals surface area contributed by atoms with Crippen molar-refractivity contribution in [2.45, 2.75) is 46.4 Å². The van der Waals surface area contributed by atoms with Gasteiger partial charge >= 0.3 is 0 Å². The molecule has 158 valence electrons. The largest absolute Gasteiger partial charge is 0.383 e. The number of rotatable bonds is 9. The summed E-state index contributed by atoms with van der Waals surface area (Å²) in [5.41, 5.74) is 2.26. The number of hydrogen-bond acceptors (Lipinski definition) is 5. The number of thiophene rings is 1. The second-order valence-electron chi connectivity index (χ2n) is 6.67. The van der Waals surface area contributed by atoms with Crippen molar-refractivity contribution < 1.29 is 9.84 Å². The molecular weight excluding hydrogens is 489 g/mol. The Balaban J connectivity index is 0.00000392. The van der Waals surface area contributed by atoms with Crippen LogP contribution in [0.2, 0.25) is 0 Å². The topological polar surface area (TPSA) is 83.7 Å². The van der Waals surface area contributed by atoms with Gasteiger partial charge in [0.25, 0.3) is 0 Å². The van der Waals surface area contributed by atoms with Crippen LogP contribution >= 0.6 is 35.3 Å². The van der Waals surface area contributed by atoms with E-state index in [1.54, 1.807) is 18.4 Å². The van der Waals surface area contributed by atoms with Crippen molar-refractivity contribution in [3.63, 3.8) is 0 Å². The van der Waals surface area contributed by atoms with Gasteiger partial charge in [-0.3, -0.25) is 4.68 Å². The second-order valence-corrected chi connectivity index (χ2v) is 7.61. The van der Waals surface area contributed by atoms with Crippen LogP contribution in [-0.4, -0.2) is 47.7 Å². The van der Waals surface area contributed by atoms with Crippen LogP contribution in [0.5, 0.6) is 0 Å². The summed E-state index contributed by atoms with van der Waals surface area (Å²) in [5.74, 6) is 0.678. The van der Waals surface area contributed by atoms with Crippen LogP contribution < -0.4 is 10.6 Å². The quantitative estimate of drug-likeness (QED) is 0.269. The minimum Gasteiger partial charge on any atom is -0.383 e. The number of nitrogens with zero attached hydrogens (tertiary/aromatic N) is 3. The van der Waals surface area contributed by atoms with E-state index < -0.39 is 5.60 Å². The maximum Gasteiger partial charge on any atom is 0.191 e. The fourth-order valence-corrected chi connectivity index (χ4v) is 3.57. The Morgan fingerprint density at radius 3 is 2.75 bits per heavy atom. The smallest absolute Gasteiger partial charge is 0.191 e. The number of nitrogens with one attached hydrogen (secondary N) is 2. The van der Waals surface area contributed by atoms with Crippen LogP contribution in [0.1, 0.15) is 35.7 Å². The molecule has 0 amide bonds. The van der Waals surface area contributed by atoms with Crippen LogP contribution in [0.3, 0.4) is 0 Å². The van der Waals surface area contributed by atoms with Crippen molar-refractivity contribution in [3.05, 3.63) is 39.3 Å². The van der Waals surface area contributed by atoms with E-state index in [2.05, 4.69) is 27.6 Å². The molecule has 0 aromatic carbocycles. The number of halogens is 1. The van der Waals surface area contributed by atoms with E-state index >= 15 is 0 Å². The van der Waals surface area contributed by atoms with Crippen molar-refractivity contribution in [3.8, 4) is 0 Å². The molecule has 0 saturated heterocycles. The lowest BCUT2D eigenvalue weighted by Gasteiger charge is -2.23. The summed E-state index contributed by atoms with van der Waals surface area (Å²) < 4.78 is 7.11. The molecule has 9 heteroatoms. The van der Waals surface area contributed by atoms with Crippen molar-refractivity contribution in [2.24, 2.45) is 4.99 Å². The summed E-state index contributed by atoms with van der Waals surface area (Å²) in [6.07, 6.45) is 0. The van der Waals surface area contributed by atoms with Gasteiger partial charge in [-0.25, -0.2) is 4.99 Å². The molecule has 0 fully saturated rings. The van der Waals surface area contributed by atoms with Crippen molar-refractivity contribution >= 4 is 41.3 Å². The second kappa shape index (κ2) is 11.7. The predicted octanol–water partition coefficient (Wildman–Crippen LogP) is 2.79. The summed E-state index contributed by atoms with van der Waals surface area (Å²) in [7, 11) is 1.69. The van der Waals surface area contributed by atoms with Gasteiger partial charge in [-0.15, -0.1) is 35.3 Å². The van der Waals surface area contributed by atoms with Gasteiger partial charge in [0.2, 0.25) is 0 Å². The van der Waals surface area contributed by atoms with Crippen LogP contribution in [-0.2, 0) is 23.4 Å². The van der Waals surface area contributed by atoms with Gasteiger partial charge in [0, 0.05) is 29.8 Å². The predicted molar refractivity (Wildman–Crippen MR) is 126 cm³/mol. The number of aliphatic hydroxyl groups is 1. The molecule has 1 atom stereocenters. The average molecular weight is 521 g/mol. The molecule has 7 nitrogen and oxygen atoms in total. The Hall–Kier alpha value is -1.17. The summed E-state index contributed by atoms with van der Waals surface area (Å²) in [6, 6.07) is 3.89. The van der Waals surface area contributed by atoms with Gasteiger partial charge in [0.05, 0.1) is 31.9 Å². The third-order valence-corrected chi connectivity index (χ3v) is 5.55. The molecule has 28 heavy (non-hydrogen) atoms. The molecule has 0 spiro atoms. The third kappa shape index (κ3) is 6.71. The van der Waals surface area contributed by atoms with E-state index in [1.807, 2.05) is 43.0 Å². The standard InChI is InChI=1S/C19H31N5O2S.HI/c1-6-20-18(22-13-19(4,25)17-8-7-11-27-17)21-12-16-14(2)23-24(15(16)3)9-10-26-5;/h7-8,11,25H,6,9-10,12-13H2,1-5H3,(H2,20,21,22);1H. The molecule has 0 radical (unpaired) electrons. The lowest BCUT2D eigenvalue weighted by molar-refractivity contribution is 0.0655. The van der Waals surface area contributed by atoms with Crippen LogP contribution in [0.15, 0.2) is 22.5 Å². The number of methoxy groups -OCH3 is 1. The lowest BCUT2D eigenvalue weighted by atomic mass is 10.1. The maximum atomic E-state index is 10.7. The monoisotopic (exact) mass is 521 g/mol. The third-order valence-electron chi connectivity index (χ3n) is 4.43. The number of guanidine groups is 1. The highest BCUT2D eigenvalue weighted by atomic mass is 127. The summed E-state index contributed by atoms with van der Waals surface area (Å²) >= 11 is 1.55. The van der Waals surface area contributed by atoms with E-state index in [1.165, 1.54) is 0 Å². The molecule has 2 aromatic heterocycles. The van der Waals surface area contributed by atoms with Gasteiger partial charge in [0.1, 0.15) is 5.60 Å². The molecule has 0 bridgehead atoms. The van der Waals surface area contributed by atoms with E-state index in [0.717, 1.165) is 34.9 Å². The Bertz CT molecular complexity index is 744. The SMILES string of the molecule is CCNC(=NCc1c(C)nn(CCOC)c1C)NCC(C)(O)c1cccs1.I. The molecule has 2 heterocycles. The van der Waals surface area contributed by atoms with Crippen LogP contribution in [0.4, 0.5) is 0 Å². The number of ether oxygens (including phenoxy) is 1. The Kier molecular flexibility index (Phi) is 10.4. The first-order valence-corrected chi connectivity index (χ1v) is 10.1. The highest BCUT2D eigenvalue weighted by Crippen LogP contribution is 2.24. The maximum absolute atomic E-state index is 10.7. The first-order valence-electron chi connectivity index (χ1n) is 9.19. The van der Waals surface area contributed by atoms with Crippen molar-refractivity contribution in [2.75, 3.05) is 26.8 Å². The van der Waals surface area contributed by atoms with Gasteiger partial charge in [0.15, 0.2) is 5.96 Å². The fourth-order valence-electron chi connectivity index (χ4n) is 2.79. The zero-order valence-corrected chi connectivity index (χ0v) is 20.4. The number of aromatic nitrogens is 2. The highest BCUT2D eigenvalue weighted by Gasteiger charge is 2.24. The van der Waals surface area contributed by atoms with E-state index in [-0.39, 0.29) is 24.0 Å². The fraction of sp³-hybridized carbons (Fsp3) is 0.579. The molecule has 0 aliphatic carbocycles. The molecule has 2 rings (SSSR count). The first-order chi connectivity index (χ1) is 12.9. The van der Waals surface area contributed by atoms with Crippen LogP contribution in [0, 0.1) is 13.8 Å². The van der Waals surface area contributed by atoms with Gasteiger partial charge in [-0.05, 0) is 39.1 Å². The molecule has 0 aliphatic rings. The zero-order chi connectivity index (χ0) is 19.9. The van der Waals surface area contributed by atoms with Crippen LogP contribution in [0.25, 0.3) is 0 Å². The normalized spacial score (nSPS) is 13.7. The van der Waals surface area contributed by atoms with E-state index in [9.17, 15) is 5.11 Å². The Morgan fingerprint density at radius 1 is 1.39 bits per heavy atom. The van der Waals surface area contributed by atoms with Crippen molar-refractivity contribution in [1.29, 1.82) is 0 Å². The van der Waals surface area contributed by atoms with Crippen molar-refractivity contribution in [1.82, 2.24) is 20.4 Å². The van der Waals surface area contributed by atoms with Gasteiger partial charge in [-0.2, -0.15) is 5.10 Å². The highest BCUT2D eigenvalue weighted by molar-refractivity contribution is 14.0. The number of hydrogen-bond donors (Lipinski definition) is 3. The van der Waals surface area contributed by atoms with E-state index in [0.29, 0.717) is 25.7 Å². The summed E-state index contributed by atoms with van der Waals surface area (Å²) in [6.45, 7) is 10.9. The molecule has 1 unspecified atom stereocenters. The lowest BCUT2D eigenvalue weighted by Crippen LogP contribution is -2.44. The number of aryl methyl sites for hydroxylation is 1. The molecule has 0 aliphatic heterocycles. The Labute approximate surface area is 188 Å². The minimum absolute atomic E-state index is 0. The minimum atomic E-state index is -0.943. The molecule has 0 saturated carbocycles. The van der Waals surface area contributed by atoms with Gasteiger partial charge < -0.3 is 20.5 Å². The first kappa shape index (κ1) is 24.9. The molecular formula is C19H32IN5O2S. The zero-order valence-electron chi connectivity index (χ0n) is 17.3. The van der Waals surface area contributed by atoms with Gasteiger partial charge in [-0.1, -0.05) is 6.07 Å². The van der Waals surface area contributed by atoms with E-state index in [4.69, 9.17) is 4.74 Å². The number of aliphatic imine (C=N–C) groups is 1.